The molecular formula is C18H15N3. The Hall–Kier alpha value is -2.94. The third-order valence-corrected chi connectivity index (χ3v) is 2.97. The van der Waals surface area contributed by atoms with Gasteiger partial charge in [0, 0.05) is 23.8 Å². The summed E-state index contributed by atoms with van der Waals surface area (Å²) >= 11 is 0. The van der Waals surface area contributed by atoms with Gasteiger partial charge in [-0.3, -0.25) is 9.97 Å². The molecule has 3 heterocycles. The molecule has 0 unspecified atom stereocenters. The van der Waals surface area contributed by atoms with E-state index in [9.17, 15) is 0 Å². The number of H-pyrrole nitrogens is 1. The first-order valence-corrected chi connectivity index (χ1v) is 6.77. The lowest BCUT2D eigenvalue weighted by atomic mass is 10.3. The molecule has 0 aliphatic carbocycles. The largest absolute Gasteiger partial charge is 0.356 e. The van der Waals surface area contributed by atoms with Crippen molar-refractivity contribution in [1.82, 2.24) is 15.0 Å². The molecular weight excluding hydrogens is 258 g/mol. The average Bonchev–Trinajstić information content (AvgIpc) is 3.01. The van der Waals surface area contributed by atoms with Crippen molar-refractivity contribution < 1.29 is 0 Å². The van der Waals surface area contributed by atoms with Crippen molar-refractivity contribution in [2.24, 2.45) is 0 Å². The Morgan fingerprint density at radius 2 is 1.14 bits per heavy atom. The highest BCUT2D eigenvalue weighted by atomic mass is 14.7. The quantitative estimate of drug-likeness (QED) is 0.776. The Morgan fingerprint density at radius 3 is 1.57 bits per heavy atom. The van der Waals surface area contributed by atoms with E-state index >= 15 is 0 Å². The van der Waals surface area contributed by atoms with Crippen molar-refractivity contribution in [3.05, 3.63) is 83.7 Å². The molecule has 0 amide bonds. The van der Waals surface area contributed by atoms with Crippen LogP contribution in [0.4, 0.5) is 0 Å². The maximum atomic E-state index is 4.25. The van der Waals surface area contributed by atoms with Gasteiger partial charge < -0.3 is 4.98 Å². The van der Waals surface area contributed by atoms with Crippen LogP contribution in [-0.2, 0) is 0 Å². The topological polar surface area (TPSA) is 41.6 Å². The van der Waals surface area contributed by atoms with Gasteiger partial charge in [-0.15, -0.1) is 0 Å². The number of pyridine rings is 2. The molecule has 0 spiro atoms. The Labute approximate surface area is 123 Å². The zero-order chi connectivity index (χ0) is 14.3. The van der Waals surface area contributed by atoms with E-state index in [-0.39, 0.29) is 0 Å². The molecule has 3 nitrogen and oxygen atoms in total. The summed E-state index contributed by atoms with van der Waals surface area (Å²) in [5, 5.41) is 0. The number of nitrogens with zero attached hydrogens (tertiary/aromatic N) is 2. The van der Waals surface area contributed by atoms with Crippen LogP contribution in [0, 0.1) is 0 Å². The summed E-state index contributed by atoms with van der Waals surface area (Å²) in [6, 6.07) is 15.8. The maximum Gasteiger partial charge on any atom is 0.0630 e. The van der Waals surface area contributed by atoms with Crippen LogP contribution >= 0.6 is 0 Å². The molecule has 0 saturated heterocycles. The Morgan fingerprint density at radius 1 is 0.619 bits per heavy atom. The van der Waals surface area contributed by atoms with E-state index < -0.39 is 0 Å². The summed E-state index contributed by atoms with van der Waals surface area (Å²) in [7, 11) is 0. The second-order valence-corrected chi connectivity index (χ2v) is 4.54. The smallest absolute Gasteiger partial charge is 0.0630 e. The Balaban J connectivity index is 1.69. The van der Waals surface area contributed by atoms with Crippen LogP contribution in [0.2, 0.25) is 0 Å². The Kier molecular flexibility index (Phi) is 4.03. The number of hydrogen-bond donors (Lipinski definition) is 1. The summed E-state index contributed by atoms with van der Waals surface area (Å²) in [6.45, 7) is 0. The SMILES string of the molecule is C(=C/c1ccc(/C=C/c2ccccn2)[nH]1)/c1ccccn1. The molecule has 3 aromatic heterocycles. The van der Waals surface area contributed by atoms with Crippen molar-refractivity contribution >= 4 is 24.3 Å². The van der Waals surface area contributed by atoms with Crippen LogP contribution in [-0.4, -0.2) is 15.0 Å². The molecule has 0 aromatic carbocycles. The summed E-state index contributed by atoms with van der Waals surface area (Å²) < 4.78 is 0. The molecule has 3 aromatic rings. The van der Waals surface area contributed by atoms with E-state index in [1.807, 2.05) is 72.8 Å². The van der Waals surface area contributed by atoms with Crippen LogP contribution in [0.1, 0.15) is 22.8 Å². The van der Waals surface area contributed by atoms with E-state index in [1.54, 1.807) is 12.4 Å². The second kappa shape index (κ2) is 6.48. The van der Waals surface area contributed by atoms with Gasteiger partial charge in [0.15, 0.2) is 0 Å². The van der Waals surface area contributed by atoms with Crippen LogP contribution in [0.15, 0.2) is 60.9 Å². The van der Waals surface area contributed by atoms with Crippen molar-refractivity contribution in [2.45, 2.75) is 0 Å². The molecule has 0 fully saturated rings. The van der Waals surface area contributed by atoms with E-state index in [1.165, 1.54) is 0 Å². The fraction of sp³-hybridized carbons (Fsp3) is 0. The molecule has 0 radical (unpaired) electrons. The lowest BCUT2D eigenvalue weighted by molar-refractivity contribution is 1.29. The number of rotatable bonds is 4. The van der Waals surface area contributed by atoms with Crippen molar-refractivity contribution in [1.29, 1.82) is 0 Å². The fourth-order valence-corrected chi connectivity index (χ4v) is 1.92. The zero-order valence-electron chi connectivity index (χ0n) is 11.5. The average molecular weight is 273 g/mol. The number of nitrogens with one attached hydrogen (secondary N) is 1. The van der Waals surface area contributed by atoms with Crippen LogP contribution < -0.4 is 0 Å². The summed E-state index contributed by atoms with van der Waals surface area (Å²) in [6.07, 6.45) is 11.6. The molecule has 0 bridgehead atoms. The van der Waals surface area contributed by atoms with Crippen molar-refractivity contribution in [3.8, 4) is 0 Å². The van der Waals surface area contributed by atoms with Crippen LogP contribution in [0.5, 0.6) is 0 Å². The van der Waals surface area contributed by atoms with Gasteiger partial charge in [0.05, 0.1) is 11.4 Å². The van der Waals surface area contributed by atoms with Gasteiger partial charge in [-0.05, 0) is 60.7 Å². The fourth-order valence-electron chi connectivity index (χ4n) is 1.92. The molecule has 0 saturated carbocycles. The van der Waals surface area contributed by atoms with Gasteiger partial charge >= 0.3 is 0 Å². The van der Waals surface area contributed by atoms with Crippen LogP contribution in [0.25, 0.3) is 24.3 Å². The highest BCUT2D eigenvalue weighted by Crippen LogP contribution is 2.09. The van der Waals surface area contributed by atoms with E-state index in [0.29, 0.717) is 0 Å². The number of aromatic nitrogens is 3. The van der Waals surface area contributed by atoms with Crippen molar-refractivity contribution in [2.75, 3.05) is 0 Å². The lowest BCUT2D eigenvalue weighted by Crippen LogP contribution is -1.78. The van der Waals surface area contributed by atoms with Gasteiger partial charge in [0.25, 0.3) is 0 Å². The standard InChI is InChI=1S/C18H15N3/c1-3-13-19-15(5-1)7-9-17-11-12-18(21-17)10-8-16-6-2-4-14-20-16/h1-14,21H/b9-7-,10-8+. The van der Waals surface area contributed by atoms with Gasteiger partial charge in [-0.1, -0.05) is 12.1 Å². The highest BCUT2D eigenvalue weighted by molar-refractivity contribution is 5.70. The normalized spacial score (nSPS) is 11.4. The molecule has 0 aliphatic rings. The molecule has 3 heteroatoms. The maximum absolute atomic E-state index is 4.25. The molecule has 0 atom stereocenters. The Bertz CT molecular complexity index is 676. The molecule has 3 rings (SSSR count). The third kappa shape index (κ3) is 3.76. The first kappa shape index (κ1) is 13.1. The van der Waals surface area contributed by atoms with Gasteiger partial charge in [-0.25, -0.2) is 0 Å². The predicted molar refractivity (Wildman–Crippen MR) is 87.1 cm³/mol. The van der Waals surface area contributed by atoms with Crippen molar-refractivity contribution in [3.63, 3.8) is 0 Å². The zero-order valence-corrected chi connectivity index (χ0v) is 11.5. The van der Waals surface area contributed by atoms with E-state index in [0.717, 1.165) is 22.8 Å². The summed E-state index contributed by atoms with van der Waals surface area (Å²) in [5.41, 5.74) is 3.97. The third-order valence-electron chi connectivity index (χ3n) is 2.97. The molecule has 1 N–H and O–H groups in total. The molecule has 0 aliphatic heterocycles. The summed E-state index contributed by atoms with van der Waals surface area (Å²) in [4.78, 5) is 11.8. The minimum absolute atomic E-state index is 0.942. The van der Waals surface area contributed by atoms with E-state index in [2.05, 4.69) is 15.0 Å². The number of hydrogen-bond acceptors (Lipinski definition) is 2. The molecule has 102 valence electrons. The lowest BCUT2D eigenvalue weighted by Gasteiger charge is -1.91. The van der Waals surface area contributed by atoms with Crippen LogP contribution in [0.3, 0.4) is 0 Å². The second-order valence-electron chi connectivity index (χ2n) is 4.54. The first-order valence-electron chi connectivity index (χ1n) is 6.77. The minimum Gasteiger partial charge on any atom is -0.356 e. The van der Waals surface area contributed by atoms with Gasteiger partial charge in [0.1, 0.15) is 0 Å². The predicted octanol–water partition coefficient (Wildman–Crippen LogP) is 4.15. The first-order chi connectivity index (χ1) is 10.4. The van der Waals surface area contributed by atoms with E-state index in [4.69, 9.17) is 0 Å². The number of aromatic amines is 1. The monoisotopic (exact) mass is 273 g/mol. The summed E-state index contributed by atoms with van der Waals surface area (Å²) in [5.74, 6) is 0. The molecule has 21 heavy (non-hydrogen) atoms. The highest BCUT2D eigenvalue weighted by Gasteiger charge is 1.93. The van der Waals surface area contributed by atoms with Gasteiger partial charge in [0.2, 0.25) is 0 Å². The van der Waals surface area contributed by atoms with Gasteiger partial charge in [-0.2, -0.15) is 0 Å². The minimum atomic E-state index is 0.942.